The summed E-state index contributed by atoms with van der Waals surface area (Å²) in [6.45, 7) is 5.28. The molecular formula is C19H26N4O3. The Kier molecular flexibility index (Phi) is 9.50. The van der Waals surface area contributed by atoms with Gasteiger partial charge in [0.1, 0.15) is 11.6 Å². The molecule has 0 aliphatic heterocycles. The number of imide groups is 1. The van der Waals surface area contributed by atoms with Crippen molar-refractivity contribution in [2.75, 3.05) is 30.4 Å². The van der Waals surface area contributed by atoms with Gasteiger partial charge in [0.2, 0.25) is 5.91 Å². The van der Waals surface area contributed by atoms with Crippen LogP contribution in [0.3, 0.4) is 0 Å². The minimum Gasteiger partial charge on any atom is -0.399 e. The second-order valence-electron chi connectivity index (χ2n) is 5.69. The van der Waals surface area contributed by atoms with Gasteiger partial charge in [-0.2, -0.15) is 5.26 Å². The lowest BCUT2D eigenvalue weighted by Gasteiger charge is -2.19. The SMILES string of the molecule is CCCCOCCCN/C=C(/C#N)C(=O)N(C(C)=O)c1ccc(N)cc1. The molecule has 3 N–H and O–H groups in total. The smallest absolute Gasteiger partial charge is 0.277 e. The number of hydrogen-bond acceptors (Lipinski definition) is 6. The van der Waals surface area contributed by atoms with Gasteiger partial charge in [-0.1, -0.05) is 13.3 Å². The Balaban J connectivity index is 2.65. The average molecular weight is 358 g/mol. The molecule has 1 rings (SSSR count). The van der Waals surface area contributed by atoms with Crippen molar-refractivity contribution in [1.82, 2.24) is 5.32 Å². The van der Waals surface area contributed by atoms with Crippen molar-refractivity contribution in [3.8, 4) is 6.07 Å². The maximum atomic E-state index is 12.6. The zero-order chi connectivity index (χ0) is 19.4. The molecule has 0 radical (unpaired) electrons. The number of nitrogens with two attached hydrogens (primary N) is 1. The van der Waals surface area contributed by atoms with E-state index >= 15 is 0 Å². The minimum atomic E-state index is -0.684. The first-order chi connectivity index (χ1) is 12.5. The number of anilines is 2. The Morgan fingerprint density at radius 3 is 2.50 bits per heavy atom. The molecular weight excluding hydrogens is 332 g/mol. The monoisotopic (exact) mass is 358 g/mol. The van der Waals surface area contributed by atoms with E-state index in [-0.39, 0.29) is 5.57 Å². The number of nitriles is 1. The lowest BCUT2D eigenvalue weighted by Crippen LogP contribution is -2.36. The predicted molar refractivity (Wildman–Crippen MR) is 101 cm³/mol. The quantitative estimate of drug-likeness (QED) is 0.288. The van der Waals surface area contributed by atoms with E-state index in [0.717, 1.165) is 30.8 Å². The maximum absolute atomic E-state index is 12.6. The van der Waals surface area contributed by atoms with E-state index in [1.165, 1.54) is 13.1 Å². The van der Waals surface area contributed by atoms with E-state index < -0.39 is 11.8 Å². The minimum absolute atomic E-state index is 0.149. The van der Waals surface area contributed by atoms with Gasteiger partial charge in [-0.25, -0.2) is 4.90 Å². The van der Waals surface area contributed by atoms with Crippen LogP contribution in [0.15, 0.2) is 36.0 Å². The lowest BCUT2D eigenvalue weighted by atomic mass is 10.2. The molecule has 0 fully saturated rings. The highest BCUT2D eigenvalue weighted by molar-refractivity contribution is 6.21. The van der Waals surface area contributed by atoms with Gasteiger partial charge < -0.3 is 15.8 Å². The molecule has 0 saturated heterocycles. The largest absolute Gasteiger partial charge is 0.399 e. The first-order valence-corrected chi connectivity index (χ1v) is 8.63. The molecule has 0 aromatic heterocycles. The van der Waals surface area contributed by atoms with Crippen molar-refractivity contribution in [2.24, 2.45) is 0 Å². The van der Waals surface area contributed by atoms with E-state index in [1.807, 2.05) is 6.07 Å². The first-order valence-electron chi connectivity index (χ1n) is 8.63. The molecule has 0 aliphatic carbocycles. The summed E-state index contributed by atoms with van der Waals surface area (Å²) in [4.78, 5) is 25.4. The molecule has 0 spiro atoms. The average Bonchev–Trinajstić information content (AvgIpc) is 2.62. The van der Waals surface area contributed by atoms with Gasteiger partial charge >= 0.3 is 0 Å². The second-order valence-corrected chi connectivity index (χ2v) is 5.69. The molecule has 2 amide bonds. The highest BCUT2D eigenvalue weighted by Crippen LogP contribution is 2.18. The van der Waals surface area contributed by atoms with Crippen molar-refractivity contribution in [3.05, 3.63) is 36.0 Å². The Morgan fingerprint density at radius 1 is 1.27 bits per heavy atom. The van der Waals surface area contributed by atoms with Gasteiger partial charge in [0, 0.05) is 38.6 Å². The zero-order valence-corrected chi connectivity index (χ0v) is 15.3. The lowest BCUT2D eigenvalue weighted by molar-refractivity contribution is -0.123. The molecule has 7 heteroatoms. The Bertz CT molecular complexity index is 662. The molecule has 7 nitrogen and oxygen atoms in total. The van der Waals surface area contributed by atoms with Gasteiger partial charge in [0.25, 0.3) is 5.91 Å². The fourth-order valence-electron chi connectivity index (χ4n) is 2.13. The number of carbonyl (C=O) groups is 2. The molecule has 0 atom stereocenters. The van der Waals surface area contributed by atoms with Crippen LogP contribution in [-0.2, 0) is 14.3 Å². The molecule has 0 aliphatic rings. The molecule has 0 heterocycles. The summed E-state index contributed by atoms with van der Waals surface area (Å²) in [5, 5.41) is 12.2. The summed E-state index contributed by atoms with van der Waals surface area (Å²) >= 11 is 0. The van der Waals surface area contributed by atoms with Gasteiger partial charge in [-0.05, 0) is 37.1 Å². The predicted octanol–water partition coefficient (Wildman–Crippen LogP) is 2.35. The van der Waals surface area contributed by atoms with E-state index in [9.17, 15) is 14.9 Å². The zero-order valence-electron chi connectivity index (χ0n) is 15.3. The number of unbranched alkanes of at least 4 members (excludes halogenated alkanes) is 1. The summed E-state index contributed by atoms with van der Waals surface area (Å²) in [6, 6.07) is 8.13. The first kappa shape index (κ1) is 21.2. The van der Waals surface area contributed by atoms with Crippen LogP contribution < -0.4 is 16.0 Å². The summed E-state index contributed by atoms with van der Waals surface area (Å²) in [5.41, 5.74) is 6.36. The summed E-state index contributed by atoms with van der Waals surface area (Å²) in [5.74, 6) is -1.17. The van der Waals surface area contributed by atoms with Gasteiger partial charge in [0.05, 0.1) is 5.69 Å². The Morgan fingerprint density at radius 2 is 1.92 bits per heavy atom. The molecule has 26 heavy (non-hydrogen) atoms. The second kappa shape index (κ2) is 11.7. The van der Waals surface area contributed by atoms with Crippen LogP contribution in [0, 0.1) is 11.3 Å². The third-order valence-corrected chi connectivity index (χ3v) is 3.52. The number of nitrogen functional groups attached to an aromatic ring is 1. The van der Waals surface area contributed by atoms with E-state index in [4.69, 9.17) is 10.5 Å². The van der Waals surface area contributed by atoms with Crippen LogP contribution in [0.1, 0.15) is 33.1 Å². The van der Waals surface area contributed by atoms with Crippen LogP contribution in [0.4, 0.5) is 11.4 Å². The third kappa shape index (κ3) is 6.95. The van der Waals surface area contributed by atoms with Crippen molar-refractivity contribution in [2.45, 2.75) is 33.1 Å². The number of ether oxygens (including phenoxy) is 1. The van der Waals surface area contributed by atoms with Crippen LogP contribution >= 0.6 is 0 Å². The molecule has 1 aromatic carbocycles. The van der Waals surface area contributed by atoms with Crippen molar-refractivity contribution < 1.29 is 14.3 Å². The van der Waals surface area contributed by atoms with Crippen LogP contribution in [0.5, 0.6) is 0 Å². The van der Waals surface area contributed by atoms with Gasteiger partial charge in [-0.3, -0.25) is 9.59 Å². The van der Waals surface area contributed by atoms with E-state index in [2.05, 4.69) is 12.2 Å². The molecule has 0 bridgehead atoms. The standard InChI is InChI=1S/C19H26N4O3/c1-3-4-11-26-12-5-10-22-14-16(13-20)19(25)23(15(2)24)18-8-6-17(21)7-9-18/h6-9,14,22H,3-5,10-12,21H2,1-2H3/b16-14-. The van der Waals surface area contributed by atoms with Gasteiger partial charge in [0.15, 0.2) is 0 Å². The Hall–Kier alpha value is -2.85. The number of carbonyl (C=O) groups excluding carboxylic acids is 2. The molecule has 140 valence electrons. The number of benzene rings is 1. The highest BCUT2D eigenvalue weighted by atomic mass is 16.5. The fourth-order valence-corrected chi connectivity index (χ4v) is 2.13. The van der Waals surface area contributed by atoms with Crippen LogP contribution in [-0.4, -0.2) is 31.6 Å². The summed E-state index contributed by atoms with van der Waals surface area (Å²) < 4.78 is 5.44. The molecule has 1 aromatic rings. The molecule has 0 saturated carbocycles. The topological polar surface area (TPSA) is 108 Å². The maximum Gasteiger partial charge on any atom is 0.277 e. The fraction of sp³-hybridized carbons (Fsp3) is 0.421. The Labute approximate surface area is 154 Å². The van der Waals surface area contributed by atoms with E-state index in [1.54, 1.807) is 24.3 Å². The van der Waals surface area contributed by atoms with Crippen LogP contribution in [0.25, 0.3) is 0 Å². The van der Waals surface area contributed by atoms with E-state index in [0.29, 0.717) is 24.5 Å². The van der Waals surface area contributed by atoms with Crippen molar-refractivity contribution in [3.63, 3.8) is 0 Å². The van der Waals surface area contributed by atoms with Crippen molar-refractivity contribution >= 4 is 23.2 Å². The summed E-state index contributed by atoms with van der Waals surface area (Å²) in [7, 11) is 0. The number of nitrogens with zero attached hydrogens (tertiary/aromatic N) is 2. The highest BCUT2D eigenvalue weighted by Gasteiger charge is 2.23. The van der Waals surface area contributed by atoms with Gasteiger partial charge in [-0.15, -0.1) is 0 Å². The summed E-state index contributed by atoms with van der Waals surface area (Å²) in [6.07, 6.45) is 4.21. The number of hydrogen-bond donors (Lipinski definition) is 2. The number of rotatable bonds is 10. The number of amides is 2. The van der Waals surface area contributed by atoms with Crippen LogP contribution in [0.2, 0.25) is 0 Å². The van der Waals surface area contributed by atoms with Crippen molar-refractivity contribution in [1.29, 1.82) is 5.26 Å². The third-order valence-electron chi connectivity index (χ3n) is 3.52. The molecule has 0 unspecified atom stereocenters. The normalized spacial score (nSPS) is 10.9. The number of nitrogens with one attached hydrogen (secondary N) is 1.